The van der Waals surface area contributed by atoms with Crippen LogP contribution < -0.4 is 15.9 Å². The molecular weight excluding hydrogens is 359 g/mol. The van der Waals surface area contributed by atoms with E-state index in [0.29, 0.717) is 0 Å². The second kappa shape index (κ2) is 8.57. The lowest BCUT2D eigenvalue weighted by molar-refractivity contribution is 0.0833. The zero-order valence-corrected chi connectivity index (χ0v) is 18.6. The minimum atomic E-state index is -2.05. The summed E-state index contributed by atoms with van der Waals surface area (Å²) < 4.78 is 0. The molecule has 0 saturated carbocycles. The van der Waals surface area contributed by atoms with Gasteiger partial charge in [0.05, 0.1) is 0 Å². The SMILES string of the molecule is CCC(N(C)C)(N(C)C)[P+](c1ccccc1)(c1ccccc1)c1ccccc1. The standard InChI is InChI=1S/C25H32N2P/c1-6-25(26(2)3,27(4)5)28(22-16-10-7-11-17-22,23-18-12-8-13-19-23)24-20-14-9-15-21-24/h7-21H,6H2,1-5H3/q+1. The zero-order chi connectivity index (χ0) is 20.2. The van der Waals surface area contributed by atoms with E-state index in [1.54, 1.807) is 0 Å². The third-order valence-corrected chi connectivity index (χ3v) is 11.3. The molecule has 0 atom stereocenters. The van der Waals surface area contributed by atoms with Gasteiger partial charge in [0.25, 0.3) is 0 Å². The quantitative estimate of drug-likeness (QED) is 0.441. The summed E-state index contributed by atoms with van der Waals surface area (Å²) in [5.74, 6) is 0. The van der Waals surface area contributed by atoms with Crippen LogP contribution in [-0.2, 0) is 0 Å². The first kappa shape index (κ1) is 20.7. The first-order valence-corrected chi connectivity index (χ1v) is 11.7. The lowest BCUT2D eigenvalue weighted by Gasteiger charge is -2.51. The Morgan fingerprint density at radius 3 is 1.07 bits per heavy atom. The molecule has 0 N–H and O–H groups in total. The van der Waals surface area contributed by atoms with E-state index < -0.39 is 7.26 Å². The zero-order valence-electron chi connectivity index (χ0n) is 17.7. The van der Waals surface area contributed by atoms with Crippen molar-refractivity contribution in [1.82, 2.24) is 9.80 Å². The van der Waals surface area contributed by atoms with Gasteiger partial charge in [-0.05, 0) is 64.6 Å². The van der Waals surface area contributed by atoms with Crippen LogP contribution in [0.1, 0.15) is 13.3 Å². The van der Waals surface area contributed by atoms with Gasteiger partial charge in [-0.25, -0.2) is 0 Å². The van der Waals surface area contributed by atoms with Crippen LogP contribution in [0.5, 0.6) is 0 Å². The summed E-state index contributed by atoms with van der Waals surface area (Å²) in [5.41, 5.74) is 0. The maximum atomic E-state index is 2.44. The Bertz CT molecular complexity index is 756. The lowest BCUT2D eigenvalue weighted by atomic mass is 10.3. The van der Waals surface area contributed by atoms with E-state index in [-0.39, 0.29) is 5.40 Å². The van der Waals surface area contributed by atoms with Crippen molar-refractivity contribution in [3.63, 3.8) is 0 Å². The van der Waals surface area contributed by atoms with E-state index in [4.69, 9.17) is 0 Å². The predicted octanol–water partition coefficient (Wildman–Crippen LogP) is 4.17. The smallest absolute Gasteiger partial charge is 0.200 e. The van der Waals surface area contributed by atoms with E-state index in [1.807, 2.05) is 0 Å². The minimum absolute atomic E-state index is 0.156. The van der Waals surface area contributed by atoms with Crippen molar-refractivity contribution in [2.45, 2.75) is 18.7 Å². The molecule has 0 aliphatic heterocycles. The molecule has 0 fully saturated rings. The maximum Gasteiger partial charge on any atom is 0.200 e. The van der Waals surface area contributed by atoms with Crippen molar-refractivity contribution in [3.8, 4) is 0 Å². The van der Waals surface area contributed by atoms with E-state index >= 15 is 0 Å². The van der Waals surface area contributed by atoms with Crippen molar-refractivity contribution in [2.75, 3.05) is 28.2 Å². The number of rotatable bonds is 7. The largest absolute Gasteiger partial charge is 0.259 e. The molecule has 0 saturated heterocycles. The first-order chi connectivity index (χ1) is 13.5. The molecule has 3 aromatic rings. The molecule has 28 heavy (non-hydrogen) atoms. The van der Waals surface area contributed by atoms with Gasteiger partial charge in [0.1, 0.15) is 23.2 Å². The molecule has 0 unspecified atom stereocenters. The minimum Gasteiger partial charge on any atom is -0.259 e. The summed E-state index contributed by atoms with van der Waals surface area (Å²) in [6.07, 6.45) is 1.01. The Hall–Kier alpha value is -1.99. The Kier molecular flexibility index (Phi) is 6.35. The van der Waals surface area contributed by atoms with Crippen LogP contribution >= 0.6 is 7.26 Å². The summed E-state index contributed by atoms with van der Waals surface area (Å²) >= 11 is 0. The number of hydrogen-bond acceptors (Lipinski definition) is 2. The molecule has 0 radical (unpaired) electrons. The molecule has 3 heteroatoms. The van der Waals surface area contributed by atoms with Gasteiger partial charge in [-0.3, -0.25) is 9.80 Å². The molecule has 0 aliphatic carbocycles. The third-order valence-electron chi connectivity index (χ3n) is 5.87. The van der Waals surface area contributed by atoms with Gasteiger partial charge in [0, 0.05) is 6.42 Å². The van der Waals surface area contributed by atoms with Crippen LogP contribution in [0.15, 0.2) is 91.0 Å². The molecule has 0 spiro atoms. The molecule has 3 rings (SSSR count). The molecule has 0 aliphatic rings. The highest BCUT2D eigenvalue weighted by atomic mass is 31.2. The highest BCUT2D eigenvalue weighted by molar-refractivity contribution is 7.96. The van der Waals surface area contributed by atoms with Gasteiger partial charge in [-0.2, -0.15) is 0 Å². The van der Waals surface area contributed by atoms with Crippen LogP contribution in [0.4, 0.5) is 0 Å². The van der Waals surface area contributed by atoms with E-state index in [0.717, 1.165) is 6.42 Å². The Balaban J connectivity index is 2.55. The van der Waals surface area contributed by atoms with Gasteiger partial charge in [-0.15, -0.1) is 0 Å². The monoisotopic (exact) mass is 391 g/mol. The Labute approximate surface area is 171 Å². The fraction of sp³-hybridized carbons (Fsp3) is 0.280. The molecule has 0 heterocycles. The third kappa shape index (κ3) is 3.10. The van der Waals surface area contributed by atoms with Gasteiger partial charge >= 0.3 is 0 Å². The first-order valence-electron chi connectivity index (χ1n) is 9.92. The summed E-state index contributed by atoms with van der Waals surface area (Å²) in [6.45, 7) is 2.32. The van der Waals surface area contributed by atoms with E-state index in [1.165, 1.54) is 15.9 Å². The number of nitrogens with zero attached hydrogens (tertiary/aromatic N) is 2. The second-order valence-corrected chi connectivity index (χ2v) is 11.2. The average Bonchev–Trinajstić information content (AvgIpc) is 2.73. The fourth-order valence-corrected chi connectivity index (χ4v) is 10.6. The van der Waals surface area contributed by atoms with Crippen molar-refractivity contribution < 1.29 is 0 Å². The van der Waals surface area contributed by atoms with Gasteiger partial charge < -0.3 is 0 Å². The molecule has 2 nitrogen and oxygen atoms in total. The van der Waals surface area contributed by atoms with E-state index in [2.05, 4.69) is 136 Å². The van der Waals surface area contributed by atoms with Crippen LogP contribution in [-0.4, -0.2) is 43.4 Å². The molecule has 146 valence electrons. The van der Waals surface area contributed by atoms with Gasteiger partial charge in [0.2, 0.25) is 5.40 Å². The van der Waals surface area contributed by atoms with Crippen molar-refractivity contribution in [2.24, 2.45) is 0 Å². The van der Waals surface area contributed by atoms with E-state index in [9.17, 15) is 0 Å². The van der Waals surface area contributed by atoms with Crippen molar-refractivity contribution in [1.29, 1.82) is 0 Å². The van der Waals surface area contributed by atoms with Gasteiger partial charge in [0.15, 0.2) is 0 Å². The highest BCUT2D eigenvalue weighted by Crippen LogP contribution is 2.68. The molecule has 0 amide bonds. The second-order valence-electron chi connectivity index (χ2n) is 7.59. The summed E-state index contributed by atoms with van der Waals surface area (Å²) in [4.78, 5) is 4.88. The fourth-order valence-electron chi connectivity index (χ4n) is 4.89. The van der Waals surface area contributed by atoms with Gasteiger partial charge in [-0.1, -0.05) is 61.5 Å². The molecule has 3 aromatic carbocycles. The van der Waals surface area contributed by atoms with Crippen LogP contribution in [0, 0.1) is 0 Å². The van der Waals surface area contributed by atoms with Crippen molar-refractivity contribution in [3.05, 3.63) is 91.0 Å². The lowest BCUT2D eigenvalue weighted by Crippen LogP contribution is -2.62. The maximum absolute atomic E-state index is 2.44. The normalized spacial score (nSPS) is 12.5. The molecular formula is C25H32N2P+. The van der Waals surface area contributed by atoms with Crippen LogP contribution in [0.2, 0.25) is 0 Å². The Morgan fingerprint density at radius 2 is 0.857 bits per heavy atom. The molecule has 0 aromatic heterocycles. The average molecular weight is 392 g/mol. The molecule has 0 bridgehead atoms. The number of hydrogen-bond donors (Lipinski definition) is 0. The summed E-state index contributed by atoms with van der Waals surface area (Å²) in [6, 6.07) is 33.4. The predicted molar refractivity (Wildman–Crippen MR) is 126 cm³/mol. The van der Waals surface area contributed by atoms with Crippen LogP contribution in [0.3, 0.4) is 0 Å². The number of benzene rings is 3. The van der Waals surface area contributed by atoms with Crippen LogP contribution in [0.25, 0.3) is 0 Å². The topological polar surface area (TPSA) is 6.48 Å². The highest BCUT2D eigenvalue weighted by Gasteiger charge is 2.64. The summed E-state index contributed by atoms with van der Waals surface area (Å²) in [7, 11) is 6.86. The Morgan fingerprint density at radius 1 is 0.571 bits per heavy atom. The summed E-state index contributed by atoms with van der Waals surface area (Å²) in [5, 5.41) is 4.09. The van der Waals surface area contributed by atoms with Crippen molar-refractivity contribution >= 4 is 23.2 Å².